The maximum Gasteiger partial charge on any atom is 0.407 e. The summed E-state index contributed by atoms with van der Waals surface area (Å²) in [4.78, 5) is 41.4. The fourth-order valence-corrected chi connectivity index (χ4v) is 6.34. The number of nitrogens with one attached hydrogen (secondary N) is 2. The van der Waals surface area contributed by atoms with Crippen molar-refractivity contribution in [1.82, 2.24) is 15.5 Å². The van der Waals surface area contributed by atoms with Crippen molar-refractivity contribution in [2.45, 2.75) is 83.2 Å². The third-order valence-electron chi connectivity index (χ3n) is 8.27. The molecule has 1 saturated heterocycles. The number of nitrogens with zero attached hydrogens (tertiary/aromatic N) is 2. The third-order valence-corrected chi connectivity index (χ3v) is 8.27. The van der Waals surface area contributed by atoms with E-state index < -0.39 is 6.03 Å². The van der Waals surface area contributed by atoms with Crippen LogP contribution in [-0.4, -0.2) is 61.1 Å². The number of allylic oxidation sites excluding steroid dienone is 2. The highest BCUT2D eigenvalue weighted by atomic mass is 19.1. The summed E-state index contributed by atoms with van der Waals surface area (Å²) in [7, 11) is 0. The minimum absolute atomic E-state index is 0. The normalized spacial score (nSPS) is 23.7. The van der Waals surface area contributed by atoms with Gasteiger partial charge in [-0.2, -0.15) is 0 Å². The van der Waals surface area contributed by atoms with Crippen LogP contribution in [0.2, 0.25) is 0 Å². The second-order valence-electron chi connectivity index (χ2n) is 10.8. The summed E-state index contributed by atoms with van der Waals surface area (Å²) < 4.78 is 19.5. The number of carbonyl (C=O) groups is 3. The summed E-state index contributed by atoms with van der Waals surface area (Å²) in [6.45, 7) is 7.14. The minimum atomic E-state index is -0.441. The molecule has 3 aliphatic rings. The Hall–Kier alpha value is -3.14. The molecule has 10 heteroatoms. The number of anilines is 1. The van der Waals surface area contributed by atoms with E-state index in [0.29, 0.717) is 24.9 Å². The van der Waals surface area contributed by atoms with Crippen LogP contribution in [0.25, 0.3) is 0 Å². The van der Waals surface area contributed by atoms with E-state index >= 15 is 0 Å². The zero-order valence-corrected chi connectivity index (χ0v) is 22.6. The molecule has 3 amide bonds. The molecule has 1 spiro atoms. The summed E-state index contributed by atoms with van der Waals surface area (Å²) in [6, 6.07) is 4.57. The van der Waals surface area contributed by atoms with Crippen LogP contribution in [0.1, 0.15) is 72.7 Å². The number of nitrogens with two attached hydrogens (primary N) is 1. The molecule has 1 aromatic carbocycles. The van der Waals surface area contributed by atoms with Crippen molar-refractivity contribution in [2.75, 3.05) is 31.1 Å². The second-order valence-corrected chi connectivity index (χ2v) is 10.8. The maximum atomic E-state index is 14.4. The monoisotopic (exact) mass is 531 g/mol. The van der Waals surface area contributed by atoms with Gasteiger partial charge < -0.3 is 26.0 Å². The van der Waals surface area contributed by atoms with Crippen molar-refractivity contribution < 1.29 is 24.9 Å². The molecule has 2 unspecified atom stereocenters. The van der Waals surface area contributed by atoms with E-state index in [4.69, 9.17) is 10.5 Å². The van der Waals surface area contributed by atoms with Gasteiger partial charge in [0.05, 0.1) is 6.61 Å². The van der Waals surface area contributed by atoms with Gasteiger partial charge in [-0.3, -0.25) is 9.69 Å². The highest BCUT2D eigenvalue weighted by Gasteiger charge is 2.47. The van der Waals surface area contributed by atoms with Crippen LogP contribution < -0.4 is 21.3 Å². The van der Waals surface area contributed by atoms with Gasteiger partial charge in [0.15, 0.2) is 5.78 Å². The lowest BCUT2D eigenvalue weighted by Crippen LogP contribution is -2.51. The predicted octanol–water partition coefficient (Wildman–Crippen LogP) is 4.16. The molecule has 1 aromatic rings. The summed E-state index contributed by atoms with van der Waals surface area (Å²) in [5, 5.41) is 5.70. The highest BCUT2D eigenvalue weighted by molar-refractivity contribution is 6.02. The first-order valence-electron chi connectivity index (χ1n) is 13.7. The lowest BCUT2D eigenvalue weighted by atomic mass is 9.74. The van der Waals surface area contributed by atoms with Crippen LogP contribution in [0, 0.1) is 5.82 Å². The van der Waals surface area contributed by atoms with Crippen LogP contribution in [-0.2, 0) is 14.9 Å². The molecule has 0 bridgehead atoms. The van der Waals surface area contributed by atoms with Gasteiger partial charge in [-0.25, -0.2) is 14.0 Å². The van der Waals surface area contributed by atoms with Crippen LogP contribution in [0.4, 0.5) is 19.7 Å². The Labute approximate surface area is 225 Å². The van der Waals surface area contributed by atoms with E-state index in [1.54, 1.807) is 30.9 Å². The summed E-state index contributed by atoms with van der Waals surface area (Å²) in [5.74, 6) is -0.648. The molecule has 0 radical (unpaired) electrons. The maximum absolute atomic E-state index is 14.4. The standard InChI is InChI=1S/C28H40FN5O4.H2/c1-4-38-27(37)31-21-7-5-6-8-22(16-21)33-13-11-28(12-14-33)17-34(24-10-9-20(29)15-23(24)28)26(36)32-25(18(2)30)19(3)35;/h9-10,15,21-22H,4-8,11-14,16-17,30H2,1-3H3,(H,31,37)(H,32,36);1H. The van der Waals surface area contributed by atoms with Gasteiger partial charge in [0.1, 0.15) is 11.5 Å². The van der Waals surface area contributed by atoms with Crippen LogP contribution in [0.15, 0.2) is 29.6 Å². The number of hydrogen-bond donors (Lipinski definition) is 3. The minimum Gasteiger partial charge on any atom is -0.450 e. The number of likely N-dealkylation sites (tertiary alicyclic amines) is 1. The molecular formula is C28H42FN5O4. The summed E-state index contributed by atoms with van der Waals surface area (Å²) >= 11 is 0. The van der Waals surface area contributed by atoms with E-state index in [1.165, 1.54) is 13.0 Å². The number of piperidine rings is 1. The van der Waals surface area contributed by atoms with E-state index in [0.717, 1.165) is 63.6 Å². The largest absolute Gasteiger partial charge is 0.450 e. The van der Waals surface area contributed by atoms with Gasteiger partial charge in [-0.1, -0.05) is 12.8 Å². The molecule has 1 saturated carbocycles. The number of halogens is 1. The summed E-state index contributed by atoms with van der Waals surface area (Å²) in [6.07, 6.45) is 6.30. The molecule has 4 N–H and O–H groups in total. The van der Waals surface area contributed by atoms with Gasteiger partial charge >= 0.3 is 12.1 Å². The molecule has 2 heterocycles. The predicted molar refractivity (Wildman–Crippen MR) is 145 cm³/mol. The fourth-order valence-electron chi connectivity index (χ4n) is 6.34. The number of ether oxygens (including phenoxy) is 1. The number of ketones is 1. The third kappa shape index (κ3) is 5.95. The van der Waals surface area contributed by atoms with Gasteiger partial charge in [0.25, 0.3) is 0 Å². The van der Waals surface area contributed by atoms with Crippen molar-refractivity contribution in [1.29, 1.82) is 0 Å². The number of benzene rings is 1. The van der Waals surface area contributed by atoms with Crippen molar-refractivity contribution in [3.05, 3.63) is 41.0 Å². The van der Waals surface area contributed by atoms with Crippen molar-refractivity contribution in [3.63, 3.8) is 0 Å². The Morgan fingerprint density at radius 3 is 2.55 bits per heavy atom. The Morgan fingerprint density at radius 1 is 1.18 bits per heavy atom. The smallest absolute Gasteiger partial charge is 0.407 e. The van der Waals surface area contributed by atoms with E-state index in [-0.39, 0.29) is 42.0 Å². The number of amides is 3. The molecule has 9 nitrogen and oxygen atoms in total. The number of carbonyl (C=O) groups excluding carboxylic acids is 3. The SMILES string of the molecule is CCOC(=O)NC1CCCCC(N2CCC3(CC2)CN(C(=O)NC(C(C)=O)=C(C)N)c2ccc(F)cc23)C1.[HH]. The molecule has 1 aliphatic carbocycles. The fraction of sp³-hybridized carbons (Fsp3) is 0.607. The van der Waals surface area contributed by atoms with Crippen molar-refractivity contribution in [3.8, 4) is 0 Å². The molecule has 210 valence electrons. The van der Waals surface area contributed by atoms with E-state index in [1.807, 2.05) is 0 Å². The lowest BCUT2D eigenvalue weighted by molar-refractivity contribution is -0.113. The first kappa shape index (κ1) is 27.9. The molecule has 0 aromatic heterocycles. The number of hydrogen-bond acceptors (Lipinski definition) is 6. The zero-order valence-electron chi connectivity index (χ0n) is 22.6. The number of Topliss-reactive ketones (excluding diaryl/α,β-unsaturated/α-hetero) is 1. The first-order valence-corrected chi connectivity index (χ1v) is 13.7. The van der Waals surface area contributed by atoms with E-state index in [9.17, 15) is 18.8 Å². The highest BCUT2D eigenvalue weighted by Crippen LogP contribution is 2.48. The Bertz CT molecular complexity index is 1100. The van der Waals surface area contributed by atoms with Crippen LogP contribution in [0.3, 0.4) is 0 Å². The number of urea groups is 1. The number of fused-ring (bicyclic) bond motifs is 2. The average molecular weight is 532 g/mol. The van der Waals surface area contributed by atoms with Crippen LogP contribution in [0.5, 0.6) is 0 Å². The van der Waals surface area contributed by atoms with Gasteiger partial charge in [0, 0.05) is 43.8 Å². The Morgan fingerprint density at radius 2 is 1.89 bits per heavy atom. The van der Waals surface area contributed by atoms with Gasteiger partial charge in [-0.15, -0.1) is 0 Å². The Balaban J connectivity index is 0.00000420. The molecular weight excluding hydrogens is 489 g/mol. The molecule has 4 rings (SSSR count). The van der Waals surface area contributed by atoms with Crippen LogP contribution >= 0.6 is 0 Å². The quantitative estimate of drug-likeness (QED) is 0.388. The Kier molecular flexibility index (Phi) is 8.60. The summed E-state index contributed by atoms with van der Waals surface area (Å²) in [5.41, 5.74) is 7.29. The number of rotatable bonds is 5. The second kappa shape index (κ2) is 11.7. The van der Waals surface area contributed by atoms with E-state index in [2.05, 4.69) is 15.5 Å². The number of alkyl carbamates (subject to hydrolysis) is 1. The molecule has 38 heavy (non-hydrogen) atoms. The van der Waals surface area contributed by atoms with Gasteiger partial charge in [-0.05, 0) is 82.8 Å². The topological polar surface area (TPSA) is 117 Å². The average Bonchev–Trinajstić information content (AvgIpc) is 3.00. The zero-order chi connectivity index (χ0) is 27.4. The van der Waals surface area contributed by atoms with Crippen molar-refractivity contribution >= 4 is 23.6 Å². The first-order chi connectivity index (χ1) is 18.1. The van der Waals surface area contributed by atoms with Gasteiger partial charge in [0.2, 0.25) is 0 Å². The van der Waals surface area contributed by atoms with Crippen molar-refractivity contribution in [2.24, 2.45) is 5.73 Å². The molecule has 2 fully saturated rings. The molecule has 2 aliphatic heterocycles. The lowest BCUT2D eigenvalue weighted by Gasteiger charge is -2.43. The molecule has 2 atom stereocenters.